The van der Waals surface area contributed by atoms with Crippen molar-refractivity contribution in [3.8, 4) is 0 Å². The molecule has 0 spiro atoms. The molecule has 2 heterocycles. The van der Waals surface area contributed by atoms with Crippen molar-refractivity contribution in [3.63, 3.8) is 0 Å². The van der Waals surface area contributed by atoms with Crippen molar-refractivity contribution in [1.82, 2.24) is 9.97 Å². The predicted molar refractivity (Wildman–Crippen MR) is 60.6 cm³/mol. The summed E-state index contributed by atoms with van der Waals surface area (Å²) in [5, 5.41) is 2.71. The minimum Gasteiger partial charge on any atom is -0.340 e. The SMILES string of the molecule is O=Cc1cc2c([nH]1)[nH]c1c(Cl)cccc12. The predicted octanol–water partition coefficient (Wildman–Crippen LogP) is 3.12. The molecule has 0 fully saturated rings. The Morgan fingerprint density at radius 1 is 1.20 bits per heavy atom. The molecule has 4 heteroatoms. The first-order valence-electron chi connectivity index (χ1n) is 4.53. The number of rotatable bonds is 1. The molecule has 3 nitrogen and oxygen atoms in total. The van der Waals surface area contributed by atoms with E-state index >= 15 is 0 Å². The van der Waals surface area contributed by atoms with Gasteiger partial charge in [0, 0.05) is 10.8 Å². The van der Waals surface area contributed by atoms with Gasteiger partial charge in [0.2, 0.25) is 0 Å². The van der Waals surface area contributed by atoms with Crippen molar-refractivity contribution in [2.24, 2.45) is 0 Å². The van der Waals surface area contributed by atoms with Crippen LogP contribution in [0.3, 0.4) is 0 Å². The van der Waals surface area contributed by atoms with E-state index in [0.29, 0.717) is 10.7 Å². The number of nitrogens with one attached hydrogen (secondary N) is 2. The number of aromatic nitrogens is 2. The van der Waals surface area contributed by atoms with Crippen LogP contribution < -0.4 is 0 Å². The maximum absolute atomic E-state index is 10.6. The van der Waals surface area contributed by atoms with Crippen molar-refractivity contribution in [2.45, 2.75) is 0 Å². The van der Waals surface area contributed by atoms with Crippen LogP contribution in [0.4, 0.5) is 0 Å². The maximum atomic E-state index is 10.6. The van der Waals surface area contributed by atoms with E-state index in [1.165, 1.54) is 0 Å². The smallest absolute Gasteiger partial charge is 0.166 e. The Labute approximate surface area is 90.0 Å². The topological polar surface area (TPSA) is 48.6 Å². The van der Waals surface area contributed by atoms with Gasteiger partial charge in [-0.2, -0.15) is 0 Å². The molecule has 3 rings (SSSR count). The highest BCUT2D eigenvalue weighted by molar-refractivity contribution is 6.36. The molecule has 0 aliphatic rings. The van der Waals surface area contributed by atoms with E-state index < -0.39 is 0 Å². The summed E-state index contributed by atoms with van der Waals surface area (Å²) < 4.78 is 0. The third-order valence-electron chi connectivity index (χ3n) is 2.52. The summed E-state index contributed by atoms with van der Waals surface area (Å²) in [6, 6.07) is 7.52. The normalized spacial score (nSPS) is 11.3. The van der Waals surface area contributed by atoms with E-state index in [0.717, 1.165) is 28.2 Å². The molecule has 0 bridgehead atoms. The van der Waals surface area contributed by atoms with Crippen LogP contribution in [0.5, 0.6) is 0 Å². The number of H-pyrrole nitrogens is 2. The van der Waals surface area contributed by atoms with Crippen LogP contribution in [0, 0.1) is 0 Å². The number of carbonyl (C=O) groups excluding carboxylic acids is 1. The second-order valence-corrected chi connectivity index (χ2v) is 3.83. The Bertz CT molecular complexity index is 666. The number of benzene rings is 1. The van der Waals surface area contributed by atoms with Crippen LogP contribution in [-0.2, 0) is 0 Å². The second kappa shape index (κ2) is 2.87. The van der Waals surface area contributed by atoms with Gasteiger partial charge in [-0.15, -0.1) is 0 Å². The molecule has 0 amide bonds. The third kappa shape index (κ3) is 1.10. The van der Waals surface area contributed by atoms with Gasteiger partial charge < -0.3 is 9.97 Å². The van der Waals surface area contributed by atoms with E-state index in [1.807, 2.05) is 24.3 Å². The zero-order valence-corrected chi connectivity index (χ0v) is 8.43. The van der Waals surface area contributed by atoms with E-state index in [-0.39, 0.29) is 0 Å². The fourth-order valence-corrected chi connectivity index (χ4v) is 2.07. The number of aldehydes is 1. The number of carbonyl (C=O) groups is 1. The Morgan fingerprint density at radius 2 is 2.07 bits per heavy atom. The minimum absolute atomic E-state index is 0.568. The highest BCUT2D eigenvalue weighted by atomic mass is 35.5. The zero-order valence-electron chi connectivity index (χ0n) is 7.67. The summed E-state index contributed by atoms with van der Waals surface area (Å²) in [6.07, 6.45) is 0.796. The zero-order chi connectivity index (χ0) is 10.4. The quantitative estimate of drug-likeness (QED) is 0.606. The second-order valence-electron chi connectivity index (χ2n) is 3.42. The Hall–Kier alpha value is -1.74. The van der Waals surface area contributed by atoms with Gasteiger partial charge in [0.1, 0.15) is 5.65 Å². The van der Waals surface area contributed by atoms with Crippen molar-refractivity contribution >= 4 is 39.8 Å². The highest BCUT2D eigenvalue weighted by Gasteiger charge is 2.09. The third-order valence-corrected chi connectivity index (χ3v) is 2.83. The molecule has 0 atom stereocenters. The van der Waals surface area contributed by atoms with Gasteiger partial charge in [-0.3, -0.25) is 4.79 Å². The molecule has 74 valence electrons. The van der Waals surface area contributed by atoms with Crippen molar-refractivity contribution in [2.75, 3.05) is 0 Å². The Balaban J connectivity index is 2.50. The molecule has 0 saturated heterocycles. The average Bonchev–Trinajstić information content (AvgIpc) is 2.76. The lowest BCUT2D eigenvalue weighted by Crippen LogP contribution is -1.77. The van der Waals surface area contributed by atoms with Gasteiger partial charge in [0.15, 0.2) is 6.29 Å². The minimum atomic E-state index is 0.568. The van der Waals surface area contributed by atoms with Crippen LogP contribution >= 0.6 is 11.6 Å². The summed E-state index contributed by atoms with van der Waals surface area (Å²) in [7, 11) is 0. The van der Waals surface area contributed by atoms with Crippen molar-refractivity contribution < 1.29 is 4.79 Å². The molecule has 2 N–H and O–H groups in total. The van der Waals surface area contributed by atoms with Gasteiger partial charge in [-0.1, -0.05) is 23.7 Å². The van der Waals surface area contributed by atoms with Crippen LogP contribution in [0.25, 0.3) is 21.9 Å². The summed E-state index contributed by atoms with van der Waals surface area (Å²) in [6.45, 7) is 0. The van der Waals surface area contributed by atoms with Crippen LogP contribution in [0.1, 0.15) is 10.5 Å². The summed E-state index contributed by atoms with van der Waals surface area (Å²) in [5.41, 5.74) is 2.30. The lowest BCUT2D eigenvalue weighted by molar-refractivity contribution is 0.112. The number of fused-ring (bicyclic) bond motifs is 3. The monoisotopic (exact) mass is 218 g/mol. The van der Waals surface area contributed by atoms with Crippen LogP contribution in [-0.4, -0.2) is 16.3 Å². The van der Waals surface area contributed by atoms with E-state index in [9.17, 15) is 4.79 Å². The lowest BCUT2D eigenvalue weighted by atomic mass is 10.2. The summed E-state index contributed by atoms with van der Waals surface area (Å²) in [4.78, 5) is 16.7. The molecular formula is C11H7ClN2O. The van der Waals surface area contributed by atoms with Crippen molar-refractivity contribution in [1.29, 1.82) is 0 Å². The van der Waals surface area contributed by atoms with E-state index in [1.54, 1.807) is 0 Å². The van der Waals surface area contributed by atoms with Crippen LogP contribution in [0.15, 0.2) is 24.3 Å². The Kier molecular flexibility index (Phi) is 1.64. The van der Waals surface area contributed by atoms with Crippen LogP contribution in [0.2, 0.25) is 5.02 Å². The summed E-state index contributed by atoms with van der Waals surface area (Å²) >= 11 is 6.04. The first-order chi connectivity index (χ1) is 7.29. The molecule has 2 aromatic heterocycles. The largest absolute Gasteiger partial charge is 0.340 e. The van der Waals surface area contributed by atoms with E-state index in [2.05, 4.69) is 9.97 Å². The molecule has 3 aromatic rings. The first-order valence-corrected chi connectivity index (χ1v) is 4.91. The molecule has 0 radical (unpaired) electrons. The number of aromatic amines is 2. The molecular weight excluding hydrogens is 212 g/mol. The standard InChI is InChI=1S/C11H7ClN2O/c12-9-3-1-2-7-8-4-6(5-15)13-11(8)14-10(7)9/h1-5,13-14H. The summed E-state index contributed by atoms with van der Waals surface area (Å²) in [5.74, 6) is 0. The van der Waals surface area contributed by atoms with Gasteiger partial charge in [0.25, 0.3) is 0 Å². The van der Waals surface area contributed by atoms with Gasteiger partial charge in [-0.25, -0.2) is 0 Å². The molecule has 1 aromatic carbocycles. The molecule has 0 saturated carbocycles. The molecule has 0 unspecified atom stereocenters. The Morgan fingerprint density at radius 3 is 2.87 bits per heavy atom. The van der Waals surface area contributed by atoms with Gasteiger partial charge in [-0.05, 0) is 12.1 Å². The average molecular weight is 219 g/mol. The van der Waals surface area contributed by atoms with Crippen molar-refractivity contribution in [3.05, 3.63) is 35.0 Å². The number of hydrogen-bond donors (Lipinski definition) is 2. The molecule has 15 heavy (non-hydrogen) atoms. The molecule has 0 aliphatic heterocycles. The fraction of sp³-hybridized carbons (Fsp3) is 0. The number of halogens is 1. The maximum Gasteiger partial charge on any atom is 0.166 e. The fourth-order valence-electron chi connectivity index (χ4n) is 1.85. The van der Waals surface area contributed by atoms with Gasteiger partial charge >= 0.3 is 0 Å². The van der Waals surface area contributed by atoms with Gasteiger partial charge in [0.05, 0.1) is 16.2 Å². The first kappa shape index (κ1) is 8.56. The number of para-hydroxylation sites is 1. The van der Waals surface area contributed by atoms with E-state index in [4.69, 9.17) is 11.6 Å². The highest BCUT2D eigenvalue weighted by Crippen LogP contribution is 2.29. The number of hydrogen-bond acceptors (Lipinski definition) is 1. The lowest BCUT2D eigenvalue weighted by Gasteiger charge is -1.92. The molecule has 0 aliphatic carbocycles.